The molecule has 0 aliphatic carbocycles. The van der Waals surface area contributed by atoms with Crippen LogP contribution in [0.5, 0.6) is 0 Å². The molecule has 6 nitrogen and oxygen atoms in total. The smallest absolute Gasteiger partial charge is 0.203 e. The molecule has 0 saturated heterocycles. The van der Waals surface area contributed by atoms with Crippen molar-refractivity contribution in [2.75, 3.05) is 0 Å². The van der Waals surface area contributed by atoms with Gasteiger partial charge in [0.2, 0.25) is 17.0 Å². The second-order valence-electron chi connectivity index (χ2n) is 13.0. The van der Waals surface area contributed by atoms with Gasteiger partial charge in [0.25, 0.3) is 0 Å². The molecule has 0 unspecified atom stereocenters. The number of rotatable bonds is 6. The van der Waals surface area contributed by atoms with E-state index < -0.39 is 17.0 Å². The van der Waals surface area contributed by atoms with Crippen LogP contribution in [-0.2, 0) is 17.0 Å². The Morgan fingerprint density at radius 1 is 0.235 bits per heavy atom. The van der Waals surface area contributed by atoms with Gasteiger partial charge in [0.15, 0.2) is 0 Å². The van der Waals surface area contributed by atoms with E-state index in [0.717, 1.165) is 65.5 Å². The Bertz CT molecular complexity index is 2770. The van der Waals surface area contributed by atoms with Gasteiger partial charge in [-0.1, -0.05) is 140 Å². The highest BCUT2D eigenvalue weighted by atomic mass is 15.2. The molecule has 0 saturated carbocycles. The molecule has 0 spiro atoms. The summed E-state index contributed by atoms with van der Waals surface area (Å²) in [6.45, 7) is 0. The molecule has 0 radical (unpaired) electrons. The highest BCUT2D eigenvalue weighted by Gasteiger charge is 2.47. The van der Waals surface area contributed by atoms with Gasteiger partial charge in [-0.2, -0.15) is 0 Å². The Balaban J connectivity index is 1.36. The average molecular weight is 655 g/mol. The number of hydrogen-bond acceptors (Lipinski definition) is 6. The second-order valence-corrected chi connectivity index (χ2v) is 13.0. The van der Waals surface area contributed by atoms with Crippen molar-refractivity contribution in [1.29, 1.82) is 0 Å². The minimum atomic E-state index is -1.15. The minimum Gasteiger partial charge on any atom is -0.244 e. The molecule has 7 aromatic rings. The van der Waals surface area contributed by atoms with Crippen molar-refractivity contribution in [3.8, 4) is 0 Å². The van der Waals surface area contributed by atoms with Gasteiger partial charge in [-0.05, 0) is 42.5 Å². The zero-order chi connectivity index (χ0) is 33.9. The molecule has 0 fully saturated rings. The van der Waals surface area contributed by atoms with Gasteiger partial charge in [-0.25, -0.2) is 30.0 Å². The summed E-state index contributed by atoms with van der Waals surface area (Å²) in [6, 6.07) is 61.7. The van der Waals surface area contributed by atoms with Gasteiger partial charge in [-0.15, -0.1) is 0 Å². The number of fused-ring (bicyclic) bond motifs is 3. The van der Waals surface area contributed by atoms with E-state index in [1.807, 2.05) is 127 Å². The van der Waals surface area contributed by atoms with Crippen LogP contribution in [0.15, 0.2) is 212 Å². The lowest BCUT2D eigenvalue weighted by Gasteiger charge is -2.35. The number of hydrogen-bond donors (Lipinski definition) is 0. The van der Waals surface area contributed by atoms with Gasteiger partial charge < -0.3 is 0 Å². The van der Waals surface area contributed by atoms with Crippen molar-refractivity contribution in [3.63, 3.8) is 0 Å². The predicted molar refractivity (Wildman–Crippen MR) is 194 cm³/mol. The molecular formula is C45H30N6. The molecule has 3 aliphatic rings. The van der Waals surface area contributed by atoms with E-state index >= 15 is 0 Å². The maximum atomic E-state index is 5.52. The summed E-state index contributed by atoms with van der Waals surface area (Å²) >= 11 is 0. The zero-order valence-corrected chi connectivity index (χ0v) is 27.5. The van der Waals surface area contributed by atoms with E-state index in [1.165, 1.54) is 0 Å². The maximum absolute atomic E-state index is 5.52. The molecule has 0 amide bonds. The molecule has 6 heteroatoms. The van der Waals surface area contributed by atoms with E-state index in [9.17, 15) is 0 Å². The van der Waals surface area contributed by atoms with E-state index in [4.69, 9.17) is 30.0 Å². The van der Waals surface area contributed by atoms with Crippen LogP contribution in [0.2, 0.25) is 0 Å². The van der Waals surface area contributed by atoms with Crippen LogP contribution in [0.4, 0.5) is 0 Å². The third-order valence-electron chi connectivity index (χ3n) is 10.0. The van der Waals surface area contributed by atoms with Crippen LogP contribution in [0.25, 0.3) is 0 Å². The third-order valence-corrected chi connectivity index (χ3v) is 10.0. The monoisotopic (exact) mass is 654 g/mol. The second kappa shape index (κ2) is 11.2. The molecule has 51 heavy (non-hydrogen) atoms. The molecule has 7 aromatic carbocycles. The summed E-state index contributed by atoms with van der Waals surface area (Å²) < 4.78 is 0. The molecule has 0 aromatic heterocycles. The first-order valence-electron chi connectivity index (χ1n) is 17.1. The summed E-state index contributed by atoms with van der Waals surface area (Å²) in [6.07, 6.45) is 0. The van der Waals surface area contributed by atoms with Crippen molar-refractivity contribution in [2.45, 2.75) is 17.0 Å². The lowest BCUT2D eigenvalue weighted by atomic mass is 9.79. The SMILES string of the molecule is c1ccc(C2(c3ccc(C4(c5ccccc5)N=c5ccccc5=N4)c(C4(c5ccccc5)N=c5ccccc5=N4)c3)N=c3ccccc3=N2)cc1. The van der Waals surface area contributed by atoms with Gasteiger partial charge in [0, 0.05) is 33.4 Å². The van der Waals surface area contributed by atoms with E-state index in [1.54, 1.807) is 0 Å². The quantitative estimate of drug-likeness (QED) is 0.238. The largest absolute Gasteiger partial charge is 0.244 e. The number of para-hydroxylation sites is 6. The van der Waals surface area contributed by atoms with Crippen LogP contribution < -0.4 is 32.1 Å². The number of nitrogens with zero attached hydrogens (tertiary/aromatic N) is 6. The maximum Gasteiger partial charge on any atom is 0.203 e. The van der Waals surface area contributed by atoms with E-state index in [0.29, 0.717) is 0 Å². The fourth-order valence-corrected chi connectivity index (χ4v) is 7.68. The fourth-order valence-electron chi connectivity index (χ4n) is 7.68. The Kier molecular flexibility index (Phi) is 6.42. The van der Waals surface area contributed by atoms with Gasteiger partial charge >= 0.3 is 0 Å². The Hall–Kier alpha value is -6.66. The molecule has 3 aliphatic heterocycles. The molecule has 10 rings (SSSR count). The average Bonchev–Trinajstić information content (AvgIpc) is 3.92. The van der Waals surface area contributed by atoms with E-state index in [-0.39, 0.29) is 0 Å². The molecule has 3 heterocycles. The Morgan fingerprint density at radius 3 is 0.902 bits per heavy atom. The molecular weight excluding hydrogens is 625 g/mol. The molecule has 0 N–H and O–H groups in total. The third kappa shape index (κ3) is 4.43. The number of benzene rings is 7. The molecule has 0 atom stereocenters. The Labute approximate surface area is 293 Å². The highest BCUT2D eigenvalue weighted by Crippen LogP contribution is 2.48. The van der Waals surface area contributed by atoms with Crippen LogP contribution in [0, 0.1) is 0 Å². The first-order valence-corrected chi connectivity index (χ1v) is 17.1. The van der Waals surface area contributed by atoms with Gasteiger partial charge in [-0.3, -0.25) is 0 Å². The summed E-state index contributed by atoms with van der Waals surface area (Å²) in [7, 11) is 0. The van der Waals surface area contributed by atoms with Crippen molar-refractivity contribution >= 4 is 0 Å². The van der Waals surface area contributed by atoms with Crippen molar-refractivity contribution in [3.05, 3.63) is 248 Å². The minimum absolute atomic E-state index is 0.829. The van der Waals surface area contributed by atoms with Crippen LogP contribution in [-0.4, -0.2) is 0 Å². The highest BCUT2D eigenvalue weighted by molar-refractivity contribution is 5.55. The zero-order valence-electron chi connectivity index (χ0n) is 27.5. The van der Waals surface area contributed by atoms with Crippen LogP contribution >= 0.6 is 0 Å². The normalized spacial score (nSPS) is 16.5. The summed E-state index contributed by atoms with van der Waals surface area (Å²) in [4.78, 5) is 32.8. The fraction of sp³-hybridized carbons (Fsp3) is 0.0667. The Morgan fingerprint density at radius 2 is 0.529 bits per heavy atom. The summed E-state index contributed by atoms with van der Waals surface area (Å²) in [5, 5.41) is 5.04. The summed E-state index contributed by atoms with van der Waals surface area (Å²) in [5.41, 5.74) is 2.23. The summed E-state index contributed by atoms with van der Waals surface area (Å²) in [5.74, 6) is 0. The topological polar surface area (TPSA) is 74.2 Å². The predicted octanol–water partition coefficient (Wildman–Crippen LogP) is 5.15. The standard InChI is InChI=1S/C45H30N6/c1-4-16-31(17-5-1)43(46-37-22-10-11-23-38(37)47-43)34-28-29-35(44(32-18-6-2-7-19-32)48-39-24-12-13-25-40(39)49-44)36(30-34)45(33-20-8-3-9-21-33)50-41-26-14-15-27-42(41)51-45/h1-30H. The van der Waals surface area contributed by atoms with Gasteiger partial charge in [0.05, 0.1) is 32.1 Å². The van der Waals surface area contributed by atoms with Crippen molar-refractivity contribution in [2.24, 2.45) is 30.0 Å². The van der Waals surface area contributed by atoms with Gasteiger partial charge in [0.1, 0.15) is 0 Å². The van der Waals surface area contributed by atoms with Crippen molar-refractivity contribution < 1.29 is 0 Å². The molecule has 0 bridgehead atoms. The lowest BCUT2D eigenvalue weighted by Crippen LogP contribution is -2.32. The van der Waals surface area contributed by atoms with E-state index in [2.05, 4.69) is 54.6 Å². The van der Waals surface area contributed by atoms with Crippen molar-refractivity contribution in [1.82, 2.24) is 0 Å². The van der Waals surface area contributed by atoms with Crippen LogP contribution in [0.1, 0.15) is 33.4 Å². The van der Waals surface area contributed by atoms with Crippen LogP contribution in [0.3, 0.4) is 0 Å². The lowest BCUT2D eigenvalue weighted by molar-refractivity contribution is 0.507. The first kappa shape index (κ1) is 29.3. The molecule has 240 valence electrons. The first-order chi connectivity index (χ1) is 25.2.